The first-order valence-corrected chi connectivity index (χ1v) is 9.59. The molecule has 0 aromatic heterocycles. The van der Waals surface area contributed by atoms with Gasteiger partial charge in [-0.2, -0.15) is 0 Å². The Labute approximate surface area is 107 Å². The molecule has 3 nitrogen and oxygen atoms in total. The maximum absolute atomic E-state index is 9.40. The van der Waals surface area contributed by atoms with Crippen LogP contribution in [0.3, 0.4) is 0 Å². The zero-order valence-electron chi connectivity index (χ0n) is 12.0. The summed E-state index contributed by atoms with van der Waals surface area (Å²) in [4.78, 5) is 0. The van der Waals surface area contributed by atoms with E-state index in [1.54, 1.807) is 0 Å². The van der Waals surface area contributed by atoms with Gasteiger partial charge in [0, 0.05) is 6.61 Å². The molecule has 0 amide bonds. The molecule has 2 atom stereocenters. The number of hydrogen-bond acceptors (Lipinski definition) is 3. The van der Waals surface area contributed by atoms with Gasteiger partial charge in [-0.15, -0.1) is 0 Å². The molecule has 0 spiro atoms. The summed E-state index contributed by atoms with van der Waals surface area (Å²) in [5.41, 5.74) is 0. The molecule has 1 aliphatic heterocycles. The molecular formula is C13H28O3Si. The van der Waals surface area contributed by atoms with Crippen LogP contribution in [0.25, 0.3) is 0 Å². The monoisotopic (exact) mass is 260 g/mol. The summed E-state index contributed by atoms with van der Waals surface area (Å²) in [6, 6.07) is 0. The maximum Gasteiger partial charge on any atom is 0.192 e. The van der Waals surface area contributed by atoms with Crippen molar-refractivity contribution in [2.75, 3.05) is 13.2 Å². The second-order valence-corrected chi connectivity index (χ2v) is 11.3. The van der Waals surface area contributed by atoms with Crippen molar-refractivity contribution in [2.24, 2.45) is 0 Å². The predicted octanol–water partition coefficient (Wildman–Crippen LogP) is 2.94. The zero-order valence-corrected chi connectivity index (χ0v) is 13.0. The van der Waals surface area contributed by atoms with Gasteiger partial charge in [-0.3, -0.25) is 0 Å². The van der Waals surface area contributed by atoms with E-state index in [1.807, 2.05) is 0 Å². The molecule has 1 aliphatic rings. The molecule has 102 valence electrons. The van der Waals surface area contributed by atoms with Gasteiger partial charge in [0.1, 0.15) is 6.10 Å². The third kappa shape index (κ3) is 4.05. The minimum absolute atomic E-state index is 0.0687. The molecule has 0 radical (unpaired) electrons. The Morgan fingerprint density at radius 2 is 1.94 bits per heavy atom. The molecule has 0 aliphatic carbocycles. The van der Waals surface area contributed by atoms with E-state index in [-0.39, 0.29) is 23.9 Å². The van der Waals surface area contributed by atoms with Crippen molar-refractivity contribution >= 4 is 8.32 Å². The van der Waals surface area contributed by atoms with Gasteiger partial charge in [0.15, 0.2) is 8.32 Å². The molecule has 1 N–H and O–H groups in total. The summed E-state index contributed by atoms with van der Waals surface area (Å²) >= 11 is 0. The smallest absolute Gasteiger partial charge is 0.192 e. The van der Waals surface area contributed by atoms with Crippen LogP contribution in [-0.4, -0.2) is 38.8 Å². The zero-order chi connectivity index (χ0) is 13.1. The van der Waals surface area contributed by atoms with Gasteiger partial charge >= 0.3 is 0 Å². The van der Waals surface area contributed by atoms with Crippen molar-refractivity contribution in [3.63, 3.8) is 0 Å². The fourth-order valence-corrected chi connectivity index (χ4v) is 3.22. The van der Waals surface area contributed by atoms with E-state index in [0.717, 1.165) is 25.9 Å². The molecule has 17 heavy (non-hydrogen) atoms. The van der Waals surface area contributed by atoms with Crippen LogP contribution < -0.4 is 0 Å². The molecule has 0 bridgehead atoms. The van der Waals surface area contributed by atoms with E-state index in [1.165, 1.54) is 0 Å². The Morgan fingerprint density at radius 3 is 2.47 bits per heavy atom. The van der Waals surface area contributed by atoms with Crippen LogP contribution in [0.2, 0.25) is 18.1 Å². The molecule has 0 aromatic carbocycles. The average Bonchev–Trinajstić information content (AvgIpc) is 2.40. The lowest BCUT2D eigenvalue weighted by molar-refractivity contribution is -0.0473. The van der Waals surface area contributed by atoms with Gasteiger partial charge < -0.3 is 14.3 Å². The summed E-state index contributed by atoms with van der Waals surface area (Å²) in [6.45, 7) is 12.1. The van der Waals surface area contributed by atoms with E-state index in [0.29, 0.717) is 0 Å². The van der Waals surface area contributed by atoms with Gasteiger partial charge in [0.2, 0.25) is 0 Å². The highest BCUT2D eigenvalue weighted by molar-refractivity contribution is 6.74. The highest BCUT2D eigenvalue weighted by Crippen LogP contribution is 2.38. The number of aliphatic hydroxyl groups is 1. The molecule has 1 fully saturated rings. The molecule has 1 rings (SSSR count). The van der Waals surface area contributed by atoms with Crippen LogP contribution in [0.1, 0.15) is 40.0 Å². The number of ether oxygens (including phenoxy) is 1. The Hall–Kier alpha value is 0.0969. The lowest BCUT2D eigenvalue weighted by atomic mass is 10.1. The first kappa shape index (κ1) is 15.2. The summed E-state index contributed by atoms with van der Waals surface area (Å²) in [6.07, 6.45) is 3.16. The largest absolute Gasteiger partial charge is 0.411 e. The topological polar surface area (TPSA) is 38.7 Å². The lowest BCUT2D eigenvalue weighted by Crippen LogP contribution is -2.48. The highest BCUT2D eigenvalue weighted by Gasteiger charge is 2.41. The SMILES string of the molecule is CC(C)(C)[Si](C)(C)O[C@H]1CCCCO[C@@H]1CO. The van der Waals surface area contributed by atoms with Crippen molar-refractivity contribution in [2.45, 2.75) is 70.4 Å². The predicted molar refractivity (Wildman–Crippen MR) is 72.7 cm³/mol. The number of hydrogen-bond donors (Lipinski definition) is 1. The van der Waals surface area contributed by atoms with Crippen molar-refractivity contribution in [3.05, 3.63) is 0 Å². The minimum Gasteiger partial charge on any atom is -0.411 e. The number of rotatable bonds is 3. The molecule has 1 saturated heterocycles. The fourth-order valence-electron chi connectivity index (χ4n) is 1.84. The average molecular weight is 260 g/mol. The van der Waals surface area contributed by atoms with Gasteiger partial charge in [-0.1, -0.05) is 20.8 Å². The Morgan fingerprint density at radius 1 is 1.29 bits per heavy atom. The second kappa shape index (κ2) is 5.82. The Balaban J connectivity index is 2.69. The Bertz CT molecular complexity index is 235. The van der Waals surface area contributed by atoms with Crippen LogP contribution in [0.4, 0.5) is 0 Å². The third-order valence-corrected chi connectivity index (χ3v) is 8.57. The Kier molecular flexibility index (Phi) is 5.19. The van der Waals surface area contributed by atoms with E-state index in [9.17, 15) is 5.11 Å². The first-order valence-electron chi connectivity index (χ1n) is 6.68. The second-order valence-electron chi connectivity index (χ2n) is 6.50. The maximum atomic E-state index is 9.40. The fraction of sp³-hybridized carbons (Fsp3) is 1.00. The molecule has 1 heterocycles. The van der Waals surface area contributed by atoms with Crippen LogP contribution in [0, 0.1) is 0 Å². The summed E-state index contributed by atoms with van der Waals surface area (Å²) < 4.78 is 12.1. The highest BCUT2D eigenvalue weighted by atomic mass is 28.4. The van der Waals surface area contributed by atoms with Crippen LogP contribution in [0.5, 0.6) is 0 Å². The van der Waals surface area contributed by atoms with Crippen LogP contribution in [0.15, 0.2) is 0 Å². The first-order chi connectivity index (χ1) is 7.78. The van der Waals surface area contributed by atoms with Crippen molar-refractivity contribution in [3.8, 4) is 0 Å². The van der Waals surface area contributed by atoms with E-state index >= 15 is 0 Å². The van der Waals surface area contributed by atoms with Crippen LogP contribution >= 0.6 is 0 Å². The normalized spacial score (nSPS) is 27.9. The van der Waals surface area contributed by atoms with E-state index in [2.05, 4.69) is 33.9 Å². The van der Waals surface area contributed by atoms with Gasteiger partial charge in [-0.25, -0.2) is 0 Å². The van der Waals surface area contributed by atoms with E-state index in [4.69, 9.17) is 9.16 Å². The van der Waals surface area contributed by atoms with Gasteiger partial charge in [0.05, 0.1) is 12.7 Å². The summed E-state index contributed by atoms with van der Waals surface area (Å²) in [7, 11) is -1.76. The molecule has 0 unspecified atom stereocenters. The van der Waals surface area contributed by atoms with Crippen molar-refractivity contribution in [1.82, 2.24) is 0 Å². The minimum atomic E-state index is -1.76. The van der Waals surface area contributed by atoms with Gasteiger partial charge in [-0.05, 0) is 37.4 Å². The van der Waals surface area contributed by atoms with Crippen molar-refractivity contribution in [1.29, 1.82) is 0 Å². The van der Waals surface area contributed by atoms with Crippen molar-refractivity contribution < 1.29 is 14.3 Å². The molecular weight excluding hydrogens is 232 g/mol. The third-order valence-electron chi connectivity index (χ3n) is 4.06. The standard InChI is InChI=1S/C13H28O3Si/c1-13(2,3)17(4,5)16-11-8-6-7-9-15-12(11)10-14/h11-12,14H,6-10H2,1-5H3/t11-,12+/m0/s1. The summed E-state index contributed by atoms with van der Waals surface area (Å²) in [5, 5.41) is 9.60. The number of aliphatic hydroxyl groups excluding tert-OH is 1. The molecule has 4 heteroatoms. The van der Waals surface area contributed by atoms with Crippen LogP contribution in [-0.2, 0) is 9.16 Å². The summed E-state index contributed by atoms with van der Waals surface area (Å²) in [5.74, 6) is 0. The molecule has 0 aromatic rings. The lowest BCUT2D eigenvalue weighted by Gasteiger charge is -2.40. The quantitative estimate of drug-likeness (QED) is 0.793. The molecule has 0 saturated carbocycles. The van der Waals surface area contributed by atoms with Gasteiger partial charge in [0.25, 0.3) is 0 Å². The van der Waals surface area contributed by atoms with E-state index < -0.39 is 8.32 Å².